The van der Waals surface area contributed by atoms with Crippen molar-refractivity contribution in [1.82, 2.24) is 10.2 Å². The van der Waals surface area contributed by atoms with Gasteiger partial charge in [0.1, 0.15) is 11.7 Å². The van der Waals surface area contributed by atoms with Gasteiger partial charge in [0, 0.05) is 6.54 Å². The molecule has 17 heavy (non-hydrogen) atoms. The van der Waals surface area contributed by atoms with Crippen molar-refractivity contribution in [3.8, 4) is 0 Å². The van der Waals surface area contributed by atoms with Gasteiger partial charge >= 0.3 is 12.2 Å². The van der Waals surface area contributed by atoms with Crippen molar-refractivity contribution >= 4 is 12.2 Å². The summed E-state index contributed by atoms with van der Waals surface area (Å²) in [5, 5.41) is 2.72. The number of carbonyl (C=O) groups excluding carboxylic acids is 2. The molecule has 2 aliphatic heterocycles. The van der Waals surface area contributed by atoms with E-state index >= 15 is 0 Å². The fourth-order valence-corrected chi connectivity index (χ4v) is 2.02. The lowest BCUT2D eigenvalue weighted by Crippen LogP contribution is -2.51. The highest BCUT2D eigenvalue weighted by atomic mass is 16.6. The van der Waals surface area contributed by atoms with Crippen LogP contribution in [0.5, 0.6) is 0 Å². The third-order valence-electron chi connectivity index (χ3n) is 2.77. The molecule has 6 nitrogen and oxygen atoms in total. The zero-order valence-corrected chi connectivity index (χ0v) is 10.4. The summed E-state index contributed by atoms with van der Waals surface area (Å²) in [6, 6.07) is 0.0289. The monoisotopic (exact) mass is 242 g/mol. The highest BCUT2D eigenvalue weighted by Gasteiger charge is 2.40. The van der Waals surface area contributed by atoms with E-state index in [1.54, 1.807) is 4.90 Å². The Labute approximate surface area is 100 Å². The number of ether oxygens (including phenoxy) is 2. The van der Waals surface area contributed by atoms with E-state index in [-0.39, 0.29) is 18.2 Å². The van der Waals surface area contributed by atoms with Crippen LogP contribution in [-0.4, -0.2) is 47.9 Å². The quantitative estimate of drug-likeness (QED) is 0.690. The van der Waals surface area contributed by atoms with E-state index in [0.29, 0.717) is 19.5 Å². The summed E-state index contributed by atoms with van der Waals surface area (Å²) in [7, 11) is 0. The number of carbonyl (C=O) groups is 2. The second-order valence-electron chi connectivity index (χ2n) is 5.41. The number of likely N-dealkylation sites (tertiary alicyclic amines) is 1. The van der Waals surface area contributed by atoms with Crippen LogP contribution in [0.1, 0.15) is 27.2 Å². The van der Waals surface area contributed by atoms with Gasteiger partial charge in [-0.3, -0.25) is 0 Å². The van der Waals surface area contributed by atoms with Gasteiger partial charge in [-0.25, -0.2) is 9.59 Å². The van der Waals surface area contributed by atoms with Gasteiger partial charge in [-0.2, -0.15) is 0 Å². The van der Waals surface area contributed by atoms with Crippen molar-refractivity contribution in [3.63, 3.8) is 0 Å². The Morgan fingerprint density at radius 1 is 1.53 bits per heavy atom. The average Bonchev–Trinajstić information content (AvgIpc) is 2.53. The van der Waals surface area contributed by atoms with Crippen LogP contribution in [-0.2, 0) is 9.47 Å². The molecule has 6 heteroatoms. The maximum absolute atomic E-state index is 11.8. The molecule has 0 saturated carbocycles. The van der Waals surface area contributed by atoms with E-state index < -0.39 is 11.7 Å². The molecule has 0 aromatic carbocycles. The predicted octanol–water partition coefficient (Wildman–Crippen LogP) is 1.10. The predicted molar refractivity (Wildman–Crippen MR) is 59.6 cm³/mol. The van der Waals surface area contributed by atoms with Crippen molar-refractivity contribution in [3.05, 3.63) is 0 Å². The SMILES string of the molecule is CC(C)(C)OC(=O)N1CC[C@@H]2NC(=O)O[C@@H]2C1. The van der Waals surface area contributed by atoms with Crippen molar-refractivity contribution in [1.29, 1.82) is 0 Å². The minimum absolute atomic E-state index is 0.0289. The molecular weight excluding hydrogens is 224 g/mol. The molecule has 96 valence electrons. The Kier molecular flexibility index (Phi) is 2.89. The zero-order valence-electron chi connectivity index (χ0n) is 10.4. The van der Waals surface area contributed by atoms with Gasteiger partial charge in [0.2, 0.25) is 0 Å². The van der Waals surface area contributed by atoms with Crippen LogP contribution in [0.3, 0.4) is 0 Å². The minimum atomic E-state index is -0.501. The molecule has 0 aromatic rings. The van der Waals surface area contributed by atoms with E-state index in [1.165, 1.54) is 0 Å². The highest BCUT2D eigenvalue weighted by molar-refractivity contribution is 5.71. The number of alkyl carbamates (subject to hydrolysis) is 1. The summed E-state index contributed by atoms with van der Waals surface area (Å²) < 4.78 is 10.4. The third-order valence-corrected chi connectivity index (χ3v) is 2.77. The molecule has 2 fully saturated rings. The van der Waals surface area contributed by atoms with Crippen LogP contribution in [0.4, 0.5) is 9.59 Å². The van der Waals surface area contributed by atoms with Gasteiger partial charge in [-0.15, -0.1) is 0 Å². The van der Waals surface area contributed by atoms with Crippen molar-refractivity contribution in [2.45, 2.75) is 44.9 Å². The highest BCUT2D eigenvalue weighted by Crippen LogP contribution is 2.21. The first-order chi connectivity index (χ1) is 7.85. The zero-order chi connectivity index (χ0) is 12.6. The van der Waals surface area contributed by atoms with Crippen LogP contribution in [0, 0.1) is 0 Å². The van der Waals surface area contributed by atoms with Gasteiger partial charge in [-0.05, 0) is 27.2 Å². The standard InChI is InChI=1S/C11H18N2O4/c1-11(2,3)17-10(15)13-5-4-7-8(6-13)16-9(14)12-7/h7-8H,4-6H2,1-3H3,(H,12,14)/t7-,8+/m0/s1. The lowest BCUT2D eigenvalue weighted by molar-refractivity contribution is 0.00520. The van der Waals surface area contributed by atoms with Crippen LogP contribution >= 0.6 is 0 Å². The number of piperidine rings is 1. The van der Waals surface area contributed by atoms with E-state index in [9.17, 15) is 9.59 Å². The molecule has 0 radical (unpaired) electrons. The van der Waals surface area contributed by atoms with Crippen LogP contribution < -0.4 is 5.32 Å². The van der Waals surface area contributed by atoms with Crippen LogP contribution in [0.15, 0.2) is 0 Å². The summed E-state index contributed by atoms with van der Waals surface area (Å²) in [5.74, 6) is 0. The van der Waals surface area contributed by atoms with Crippen molar-refractivity contribution < 1.29 is 19.1 Å². The third kappa shape index (κ3) is 2.81. The molecule has 0 bridgehead atoms. The first kappa shape index (κ1) is 12.0. The molecule has 0 unspecified atom stereocenters. The van der Waals surface area contributed by atoms with E-state index in [1.807, 2.05) is 20.8 Å². The largest absolute Gasteiger partial charge is 0.444 e. The van der Waals surface area contributed by atoms with Crippen molar-refractivity contribution in [2.24, 2.45) is 0 Å². The molecule has 2 rings (SSSR count). The first-order valence-corrected chi connectivity index (χ1v) is 5.80. The van der Waals surface area contributed by atoms with Crippen molar-refractivity contribution in [2.75, 3.05) is 13.1 Å². The fourth-order valence-electron chi connectivity index (χ4n) is 2.02. The fraction of sp³-hybridized carbons (Fsp3) is 0.818. The maximum Gasteiger partial charge on any atom is 0.410 e. The van der Waals surface area contributed by atoms with Gasteiger partial charge in [0.05, 0.1) is 12.6 Å². The summed E-state index contributed by atoms with van der Waals surface area (Å²) >= 11 is 0. The van der Waals surface area contributed by atoms with E-state index in [4.69, 9.17) is 9.47 Å². The normalized spacial score (nSPS) is 28.2. The Balaban J connectivity index is 1.92. The number of rotatable bonds is 0. The molecule has 2 saturated heterocycles. The first-order valence-electron chi connectivity index (χ1n) is 5.80. The average molecular weight is 242 g/mol. The molecule has 2 atom stereocenters. The number of hydrogen-bond donors (Lipinski definition) is 1. The topological polar surface area (TPSA) is 67.9 Å². The Morgan fingerprint density at radius 2 is 2.24 bits per heavy atom. The Hall–Kier alpha value is -1.46. The number of amides is 2. The summed E-state index contributed by atoms with van der Waals surface area (Å²) in [6.07, 6.45) is -0.288. The van der Waals surface area contributed by atoms with E-state index in [0.717, 1.165) is 0 Å². The minimum Gasteiger partial charge on any atom is -0.444 e. The molecule has 1 N–H and O–H groups in total. The molecular formula is C11H18N2O4. The lowest BCUT2D eigenvalue weighted by Gasteiger charge is -2.34. The molecule has 2 heterocycles. The summed E-state index contributed by atoms with van der Waals surface area (Å²) in [4.78, 5) is 24.5. The number of nitrogens with one attached hydrogen (secondary N) is 1. The molecule has 0 aliphatic carbocycles. The number of hydrogen-bond acceptors (Lipinski definition) is 4. The second-order valence-corrected chi connectivity index (χ2v) is 5.41. The van der Waals surface area contributed by atoms with Gasteiger partial charge in [-0.1, -0.05) is 0 Å². The Morgan fingerprint density at radius 3 is 2.88 bits per heavy atom. The smallest absolute Gasteiger partial charge is 0.410 e. The van der Waals surface area contributed by atoms with Crippen LogP contribution in [0.2, 0.25) is 0 Å². The number of fused-ring (bicyclic) bond motifs is 1. The molecule has 0 spiro atoms. The van der Waals surface area contributed by atoms with Gasteiger partial charge in [0.15, 0.2) is 0 Å². The van der Waals surface area contributed by atoms with E-state index in [2.05, 4.69) is 5.32 Å². The molecule has 2 aliphatic rings. The van der Waals surface area contributed by atoms with Gasteiger partial charge in [0.25, 0.3) is 0 Å². The molecule has 0 aromatic heterocycles. The Bertz CT molecular complexity index is 337. The summed E-state index contributed by atoms with van der Waals surface area (Å²) in [6.45, 7) is 6.47. The van der Waals surface area contributed by atoms with Crippen LogP contribution in [0.25, 0.3) is 0 Å². The lowest BCUT2D eigenvalue weighted by atomic mass is 10.0. The second kappa shape index (κ2) is 4.09. The number of nitrogens with zero attached hydrogens (tertiary/aromatic N) is 1. The maximum atomic E-state index is 11.8. The summed E-state index contributed by atoms with van der Waals surface area (Å²) in [5.41, 5.74) is -0.501. The van der Waals surface area contributed by atoms with Gasteiger partial charge < -0.3 is 19.7 Å². The molecule has 2 amide bonds.